The summed E-state index contributed by atoms with van der Waals surface area (Å²) in [4.78, 5) is 26.2. The van der Waals surface area contributed by atoms with Gasteiger partial charge in [-0.25, -0.2) is 4.39 Å². The average Bonchev–Trinajstić information content (AvgIpc) is 3.12. The zero-order chi connectivity index (χ0) is 26.7. The van der Waals surface area contributed by atoms with Crippen molar-refractivity contribution in [3.8, 4) is 5.75 Å². The van der Waals surface area contributed by atoms with Gasteiger partial charge in [0.15, 0.2) is 11.8 Å². The maximum atomic E-state index is 13.1. The number of nitrogens with zero attached hydrogens (tertiary/aromatic N) is 1. The number of thioether (sulfide) groups is 1. The minimum absolute atomic E-state index is 0.0466. The normalized spacial score (nSPS) is 14.8. The Kier molecular flexibility index (Phi) is 7.55. The molecule has 0 atom stereocenters. The highest BCUT2D eigenvalue weighted by atomic mass is 35.5. The Morgan fingerprint density at radius 3 is 2.54 bits per heavy atom. The Labute approximate surface area is 217 Å². The molecule has 3 aromatic rings. The van der Waals surface area contributed by atoms with E-state index in [9.17, 15) is 27.2 Å². The monoisotopic (exact) mass is 549 g/mol. The van der Waals surface area contributed by atoms with Gasteiger partial charge in [0.2, 0.25) is 0 Å². The molecule has 1 aliphatic heterocycles. The molecule has 0 saturated carbocycles. The SMILES string of the molecule is N=C1S/C(=C\c2cc(Cl)ccc2OCC(=O)Nc2ccc(F)cc2)C(=O)N1c1cccc(C(F)(F)F)c1. The van der Waals surface area contributed by atoms with Crippen molar-refractivity contribution >= 4 is 57.8 Å². The van der Waals surface area contributed by atoms with Gasteiger partial charge in [-0.15, -0.1) is 0 Å². The van der Waals surface area contributed by atoms with Crippen LogP contribution in [0.15, 0.2) is 71.6 Å². The molecule has 2 amide bonds. The summed E-state index contributed by atoms with van der Waals surface area (Å²) in [6.45, 7) is -0.414. The van der Waals surface area contributed by atoms with Gasteiger partial charge in [-0.05, 0) is 78.5 Å². The van der Waals surface area contributed by atoms with Crippen molar-refractivity contribution in [2.75, 3.05) is 16.8 Å². The summed E-state index contributed by atoms with van der Waals surface area (Å²) in [6, 6.07) is 13.8. The lowest BCUT2D eigenvalue weighted by atomic mass is 10.1. The lowest BCUT2D eigenvalue weighted by Gasteiger charge is -2.16. The van der Waals surface area contributed by atoms with Gasteiger partial charge in [0.05, 0.1) is 16.2 Å². The molecular formula is C25H16ClF4N3O3S. The van der Waals surface area contributed by atoms with Crippen molar-refractivity contribution < 1.29 is 31.9 Å². The van der Waals surface area contributed by atoms with E-state index in [1.54, 1.807) is 0 Å². The highest BCUT2D eigenvalue weighted by molar-refractivity contribution is 8.19. The lowest BCUT2D eigenvalue weighted by molar-refractivity contribution is -0.137. The number of hydrogen-bond donors (Lipinski definition) is 2. The number of anilines is 2. The van der Waals surface area contributed by atoms with E-state index in [0.717, 1.165) is 34.9 Å². The standard InChI is InChI=1S/C25H16ClF4N3O3S/c26-16-4-9-20(36-13-22(34)32-18-7-5-17(27)6-8-18)14(10-16)11-21-23(35)33(24(31)37-21)19-3-1-2-15(12-19)25(28,29)30/h1-12,31H,13H2,(H,32,34)/b21-11-,31-24?. The van der Waals surface area contributed by atoms with Crippen LogP contribution in [0.1, 0.15) is 11.1 Å². The Morgan fingerprint density at radius 2 is 1.84 bits per heavy atom. The van der Waals surface area contributed by atoms with Crippen LogP contribution in [0.3, 0.4) is 0 Å². The van der Waals surface area contributed by atoms with Gasteiger partial charge in [-0.1, -0.05) is 17.7 Å². The number of amides is 2. The minimum Gasteiger partial charge on any atom is -0.483 e. The first-order valence-corrected chi connectivity index (χ1v) is 11.7. The van der Waals surface area contributed by atoms with Crippen molar-refractivity contribution in [3.63, 3.8) is 0 Å². The van der Waals surface area contributed by atoms with E-state index in [2.05, 4.69) is 5.32 Å². The molecule has 0 unspecified atom stereocenters. The van der Waals surface area contributed by atoms with E-state index in [1.165, 1.54) is 54.6 Å². The predicted molar refractivity (Wildman–Crippen MR) is 134 cm³/mol. The molecule has 1 fully saturated rings. The Balaban J connectivity index is 1.53. The maximum Gasteiger partial charge on any atom is 0.416 e. The van der Waals surface area contributed by atoms with E-state index in [0.29, 0.717) is 16.3 Å². The Bertz CT molecular complexity index is 1410. The summed E-state index contributed by atoms with van der Waals surface area (Å²) in [7, 11) is 0. The zero-order valence-corrected chi connectivity index (χ0v) is 20.2. The fraction of sp³-hybridized carbons (Fsp3) is 0.0800. The average molecular weight is 550 g/mol. The highest BCUT2D eigenvalue weighted by Gasteiger charge is 2.36. The van der Waals surface area contributed by atoms with Crippen LogP contribution in [-0.4, -0.2) is 23.6 Å². The van der Waals surface area contributed by atoms with Crippen LogP contribution in [0.25, 0.3) is 6.08 Å². The molecule has 37 heavy (non-hydrogen) atoms. The fourth-order valence-electron chi connectivity index (χ4n) is 3.32. The molecule has 4 rings (SSSR count). The van der Waals surface area contributed by atoms with E-state index in [1.807, 2.05) is 0 Å². The number of rotatable bonds is 6. The van der Waals surface area contributed by atoms with Gasteiger partial charge in [0.25, 0.3) is 11.8 Å². The van der Waals surface area contributed by atoms with Crippen LogP contribution in [0.5, 0.6) is 5.75 Å². The van der Waals surface area contributed by atoms with Crippen LogP contribution < -0.4 is 15.0 Å². The van der Waals surface area contributed by atoms with Crippen LogP contribution in [0, 0.1) is 11.2 Å². The number of ether oxygens (including phenoxy) is 1. The second-order valence-electron chi connectivity index (χ2n) is 7.63. The lowest BCUT2D eigenvalue weighted by Crippen LogP contribution is -2.28. The third-order valence-electron chi connectivity index (χ3n) is 5.00. The molecule has 12 heteroatoms. The number of alkyl halides is 3. The van der Waals surface area contributed by atoms with Crippen molar-refractivity contribution in [2.45, 2.75) is 6.18 Å². The molecule has 2 N–H and O–H groups in total. The molecule has 0 aromatic heterocycles. The smallest absolute Gasteiger partial charge is 0.416 e. The van der Waals surface area contributed by atoms with Gasteiger partial charge < -0.3 is 10.1 Å². The molecule has 0 spiro atoms. The van der Waals surface area contributed by atoms with Gasteiger partial charge in [-0.3, -0.25) is 19.9 Å². The summed E-state index contributed by atoms with van der Waals surface area (Å²) in [5.41, 5.74) is -0.357. The van der Waals surface area contributed by atoms with Crippen LogP contribution in [-0.2, 0) is 15.8 Å². The van der Waals surface area contributed by atoms with Gasteiger partial charge in [-0.2, -0.15) is 13.2 Å². The number of halogens is 5. The molecule has 0 aliphatic carbocycles. The largest absolute Gasteiger partial charge is 0.483 e. The Hall–Kier alpha value is -3.83. The number of benzene rings is 3. The van der Waals surface area contributed by atoms with Crippen LogP contribution in [0.2, 0.25) is 5.02 Å². The molecule has 1 heterocycles. The van der Waals surface area contributed by atoms with Crippen LogP contribution in [0.4, 0.5) is 28.9 Å². The quantitative estimate of drug-likeness (QED) is 0.269. The van der Waals surface area contributed by atoms with E-state index in [-0.39, 0.29) is 21.5 Å². The number of amidine groups is 1. The summed E-state index contributed by atoms with van der Waals surface area (Å²) in [5, 5.41) is 10.7. The molecule has 6 nitrogen and oxygen atoms in total. The molecule has 0 radical (unpaired) electrons. The van der Waals surface area contributed by atoms with Gasteiger partial charge in [0.1, 0.15) is 11.6 Å². The summed E-state index contributed by atoms with van der Waals surface area (Å²) < 4.78 is 58.0. The fourth-order valence-corrected chi connectivity index (χ4v) is 4.35. The first-order valence-electron chi connectivity index (χ1n) is 10.5. The number of hydrogen-bond acceptors (Lipinski definition) is 5. The van der Waals surface area contributed by atoms with Crippen molar-refractivity contribution in [1.29, 1.82) is 5.41 Å². The number of carbonyl (C=O) groups is 2. The van der Waals surface area contributed by atoms with Crippen molar-refractivity contribution in [3.05, 3.63) is 93.6 Å². The molecule has 3 aromatic carbocycles. The highest BCUT2D eigenvalue weighted by Crippen LogP contribution is 2.39. The van der Waals surface area contributed by atoms with E-state index >= 15 is 0 Å². The number of nitrogens with one attached hydrogen (secondary N) is 2. The molecular weight excluding hydrogens is 534 g/mol. The first-order chi connectivity index (χ1) is 17.5. The third-order valence-corrected chi connectivity index (χ3v) is 6.12. The summed E-state index contributed by atoms with van der Waals surface area (Å²) >= 11 is 6.85. The minimum atomic E-state index is -4.61. The van der Waals surface area contributed by atoms with E-state index in [4.69, 9.17) is 21.7 Å². The van der Waals surface area contributed by atoms with Gasteiger partial charge in [0, 0.05) is 16.3 Å². The zero-order valence-electron chi connectivity index (χ0n) is 18.6. The second-order valence-corrected chi connectivity index (χ2v) is 9.10. The second kappa shape index (κ2) is 10.7. The topological polar surface area (TPSA) is 82.5 Å². The predicted octanol–water partition coefficient (Wildman–Crippen LogP) is 6.57. The molecule has 1 saturated heterocycles. The van der Waals surface area contributed by atoms with E-state index < -0.39 is 36.0 Å². The van der Waals surface area contributed by atoms with Crippen molar-refractivity contribution in [2.24, 2.45) is 0 Å². The maximum absolute atomic E-state index is 13.1. The van der Waals surface area contributed by atoms with Crippen LogP contribution >= 0.6 is 23.4 Å². The molecule has 0 bridgehead atoms. The summed E-state index contributed by atoms with van der Waals surface area (Å²) in [6.07, 6.45) is -3.23. The Morgan fingerprint density at radius 1 is 1.11 bits per heavy atom. The molecule has 190 valence electrons. The number of carbonyl (C=O) groups excluding carboxylic acids is 2. The van der Waals surface area contributed by atoms with Gasteiger partial charge >= 0.3 is 6.18 Å². The third kappa shape index (κ3) is 6.30. The van der Waals surface area contributed by atoms with Crippen molar-refractivity contribution in [1.82, 2.24) is 0 Å². The summed E-state index contributed by atoms with van der Waals surface area (Å²) in [5.74, 6) is -1.48. The molecule has 1 aliphatic rings. The first kappa shape index (κ1) is 26.2.